The summed E-state index contributed by atoms with van der Waals surface area (Å²) in [5.74, 6) is 0.356. The van der Waals surface area contributed by atoms with Gasteiger partial charge in [0.15, 0.2) is 0 Å². The van der Waals surface area contributed by atoms with Gasteiger partial charge in [-0.25, -0.2) is 8.37 Å². The van der Waals surface area contributed by atoms with E-state index in [0.717, 1.165) is 0 Å². The third kappa shape index (κ3) is 8.21. The molecule has 0 aromatic heterocycles. The Morgan fingerprint density at radius 3 is 1.46 bits per heavy atom. The molecule has 0 unspecified atom stereocenters. The summed E-state index contributed by atoms with van der Waals surface area (Å²) < 4.78 is 31.2. The molecule has 0 heterocycles. The van der Waals surface area contributed by atoms with Crippen LogP contribution in [0.1, 0.15) is 27.7 Å². The molecule has 5 heteroatoms. The van der Waals surface area contributed by atoms with Crippen molar-refractivity contribution in [2.45, 2.75) is 27.7 Å². The van der Waals surface area contributed by atoms with Crippen LogP contribution in [-0.2, 0) is 18.8 Å². The molecule has 0 aromatic carbocycles. The van der Waals surface area contributed by atoms with Crippen molar-refractivity contribution in [2.24, 2.45) is 11.8 Å². The van der Waals surface area contributed by atoms with Crippen molar-refractivity contribution in [2.75, 3.05) is 13.2 Å². The van der Waals surface area contributed by atoms with Crippen LogP contribution in [0.2, 0.25) is 0 Å². The van der Waals surface area contributed by atoms with Crippen LogP contribution in [0.4, 0.5) is 0 Å². The van der Waals surface area contributed by atoms with Crippen molar-refractivity contribution < 1.29 is 16.8 Å². The van der Waals surface area contributed by atoms with Crippen LogP contribution in [0.25, 0.3) is 0 Å². The highest BCUT2D eigenvalue weighted by Gasteiger charge is 2.13. The molecule has 0 aromatic rings. The van der Waals surface area contributed by atoms with Gasteiger partial charge in [0, 0.05) is 0 Å². The van der Waals surface area contributed by atoms with Gasteiger partial charge in [0.1, 0.15) is 0 Å². The van der Waals surface area contributed by atoms with Gasteiger partial charge < -0.3 is 0 Å². The highest BCUT2D eigenvalue weighted by molar-refractivity contribution is 7.81. The monoisotopic (exact) mass is 210 g/mol. The van der Waals surface area contributed by atoms with Gasteiger partial charge in [-0.2, -0.15) is 8.42 Å². The lowest BCUT2D eigenvalue weighted by atomic mass is 10.2. The maximum atomic E-state index is 11.0. The molecule has 0 fully saturated rings. The zero-order valence-electron chi connectivity index (χ0n) is 8.61. The number of hydrogen-bond donors (Lipinski definition) is 0. The van der Waals surface area contributed by atoms with Crippen molar-refractivity contribution in [3.05, 3.63) is 0 Å². The molecule has 0 rings (SSSR count). The molecule has 4 nitrogen and oxygen atoms in total. The predicted octanol–water partition coefficient (Wildman–Crippen LogP) is 1.58. The van der Waals surface area contributed by atoms with Crippen LogP contribution >= 0.6 is 0 Å². The van der Waals surface area contributed by atoms with Crippen molar-refractivity contribution in [3.8, 4) is 0 Å². The van der Waals surface area contributed by atoms with Crippen LogP contribution in [0, 0.1) is 11.8 Å². The molecule has 0 amide bonds. The first kappa shape index (κ1) is 12.9. The third-order valence-corrected chi connectivity index (χ3v) is 1.94. The smallest absolute Gasteiger partial charge is 0.248 e. The Balaban J connectivity index is 3.81. The highest BCUT2D eigenvalue weighted by Crippen LogP contribution is 2.03. The minimum Gasteiger partial charge on any atom is -0.248 e. The first-order chi connectivity index (χ1) is 5.83. The molecular weight excluding hydrogens is 192 g/mol. The Hall–Kier alpha value is -0.130. The van der Waals surface area contributed by atoms with Gasteiger partial charge in [-0.3, -0.25) is 0 Å². The Bertz CT molecular complexity index is 200. The summed E-state index contributed by atoms with van der Waals surface area (Å²) in [6.07, 6.45) is 0. The molecule has 0 spiro atoms. The third-order valence-electron chi connectivity index (χ3n) is 1.09. The van der Waals surface area contributed by atoms with Crippen LogP contribution in [0.15, 0.2) is 0 Å². The van der Waals surface area contributed by atoms with E-state index >= 15 is 0 Å². The standard InChI is InChI=1S/C8H18O4S/c1-7(2)5-11-13(9,10)12-6-8(3)4/h7-8H,5-6H2,1-4H3. The van der Waals surface area contributed by atoms with E-state index in [0.29, 0.717) is 0 Å². The second-order valence-corrected chi connectivity index (χ2v) is 5.05. The Labute approximate surface area is 80.6 Å². The molecule has 0 aliphatic rings. The second kappa shape index (κ2) is 5.57. The Kier molecular flexibility index (Phi) is 5.51. The fourth-order valence-corrected chi connectivity index (χ4v) is 1.42. The van der Waals surface area contributed by atoms with Gasteiger partial charge in [-0.15, -0.1) is 0 Å². The molecule has 0 bridgehead atoms. The molecule has 0 radical (unpaired) electrons. The summed E-state index contributed by atoms with van der Waals surface area (Å²) in [6, 6.07) is 0. The molecule has 0 atom stereocenters. The van der Waals surface area contributed by atoms with Gasteiger partial charge in [-0.05, 0) is 11.8 Å². The lowest BCUT2D eigenvalue weighted by molar-refractivity contribution is 0.183. The molecule has 0 aliphatic heterocycles. The largest absolute Gasteiger partial charge is 0.399 e. The maximum absolute atomic E-state index is 11.0. The van der Waals surface area contributed by atoms with E-state index in [1.54, 1.807) is 0 Å². The molecule has 0 saturated carbocycles. The fraction of sp³-hybridized carbons (Fsp3) is 1.00. The quantitative estimate of drug-likeness (QED) is 0.668. The van der Waals surface area contributed by atoms with Crippen molar-refractivity contribution in [1.29, 1.82) is 0 Å². The summed E-state index contributed by atoms with van der Waals surface area (Å²) in [7, 11) is -3.77. The van der Waals surface area contributed by atoms with Gasteiger partial charge >= 0.3 is 10.4 Å². The molecule has 0 N–H and O–H groups in total. The van der Waals surface area contributed by atoms with Gasteiger partial charge in [0.05, 0.1) is 13.2 Å². The van der Waals surface area contributed by atoms with Crippen LogP contribution in [0.3, 0.4) is 0 Å². The van der Waals surface area contributed by atoms with E-state index in [1.807, 2.05) is 27.7 Å². The van der Waals surface area contributed by atoms with Crippen LogP contribution in [-0.4, -0.2) is 21.6 Å². The molecular formula is C8H18O4S. The van der Waals surface area contributed by atoms with E-state index in [2.05, 4.69) is 8.37 Å². The number of rotatable bonds is 6. The lowest BCUT2D eigenvalue weighted by Gasteiger charge is -2.08. The van der Waals surface area contributed by atoms with E-state index in [9.17, 15) is 8.42 Å². The van der Waals surface area contributed by atoms with Crippen LogP contribution in [0.5, 0.6) is 0 Å². The van der Waals surface area contributed by atoms with Crippen LogP contribution < -0.4 is 0 Å². The van der Waals surface area contributed by atoms with E-state index in [1.165, 1.54) is 0 Å². The minimum atomic E-state index is -3.77. The van der Waals surface area contributed by atoms with E-state index in [4.69, 9.17) is 0 Å². The SMILES string of the molecule is CC(C)COS(=O)(=O)OCC(C)C. The van der Waals surface area contributed by atoms with Gasteiger partial charge in [0.2, 0.25) is 0 Å². The Morgan fingerprint density at radius 1 is 0.923 bits per heavy atom. The highest BCUT2D eigenvalue weighted by atomic mass is 32.3. The number of hydrogen-bond acceptors (Lipinski definition) is 4. The molecule has 0 saturated heterocycles. The average Bonchev–Trinajstić information content (AvgIpc) is 1.98. The summed E-state index contributed by atoms with van der Waals surface area (Å²) in [6.45, 7) is 7.83. The molecule has 13 heavy (non-hydrogen) atoms. The van der Waals surface area contributed by atoms with E-state index < -0.39 is 10.4 Å². The topological polar surface area (TPSA) is 52.6 Å². The summed E-state index contributed by atoms with van der Waals surface area (Å²) >= 11 is 0. The van der Waals surface area contributed by atoms with Gasteiger partial charge in [0.25, 0.3) is 0 Å². The first-order valence-electron chi connectivity index (χ1n) is 4.37. The second-order valence-electron chi connectivity index (χ2n) is 3.76. The molecule has 0 aliphatic carbocycles. The van der Waals surface area contributed by atoms with E-state index in [-0.39, 0.29) is 25.0 Å². The first-order valence-corrected chi connectivity index (χ1v) is 5.70. The fourth-order valence-electron chi connectivity index (χ4n) is 0.473. The summed E-state index contributed by atoms with van der Waals surface area (Å²) in [5, 5.41) is 0. The van der Waals surface area contributed by atoms with Crippen molar-refractivity contribution in [1.82, 2.24) is 0 Å². The van der Waals surface area contributed by atoms with Gasteiger partial charge in [-0.1, -0.05) is 27.7 Å². The predicted molar refractivity (Wildman–Crippen MR) is 50.5 cm³/mol. The summed E-state index contributed by atoms with van der Waals surface area (Å²) in [4.78, 5) is 0. The molecule has 80 valence electrons. The minimum absolute atomic E-state index is 0.167. The van der Waals surface area contributed by atoms with Crippen molar-refractivity contribution in [3.63, 3.8) is 0 Å². The lowest BCUT2D eigenvalue weighted by Crippen LogP contribution is -2.16. The zero-order chi connectivity index (χ0) is 10.5. The summed E-state index contributed by atoms with van der Waals surface area (Å²) in [5.41, 5.74) is 0. The zero-order valence-corrected chi connectivity index (χ0v) is 9.43. The normalized spacial score (nSPS) is 12.8. The van der Waals surface area contributed by atoms with Crippen molar-refractivity contribution >= 4 is 10.4 Å². The maximum Gasteiger partial charge on any atom is 0.399 e. The average molecular weight is 210 g/mol. The Morgan fingerprint density at radius 2 is 1.23 bits per heavy atom.